The number of amides is 1. The van der Waals surface area contributed by atoms with Crippen molar-refractivity contribution in [2.45, 2.75) is 31.8 Å². The molecule has 114 valence electrons. The molecule has 1 unspecified atom stereocenters. The minimum Gasteiger partial charge on any atom is -0.298 e. The standard InChI is InChI=1S/C16H24N4O/c17-18-16(21)10-13-4-1-2-5-14(13)11-19-8-9-20-7-3-6-15(20)12-19/h1-2,4-5,15H,3,6-12,17H2,(H,18,21). The minimum absolute atomic E-state index is 0.136. The van der Waals surface area contributed by atoms with Gasteiger partial charge in [0, 0.05) is 32.2 Å². The number of hydrogen-bond donors (Lipinski definition) is 2. The van der Waals surface area contributed by atoms with Crippen LogP contribution in [0.2, 0.25) is 0 Å². The molecule has 5 nitrogen and oxygen atoms in total. The molecule has 2 aliphatic heterocycles. The van der Waals surface area contributed by atoms with Crippen LogP contribution in [0.25, 0.3) is 0 Å². The highest BCUT2D eigenvalue weighted by Crippen LogP contribution is 2.23. The summed E-state index contributed by atoms with van der Waals surface area (Å²) in [6.45, 7) is 5.64. The van der Waals surface area contributed by atoms with Crippen molar-refractivity contribution in [3.05, 3.63) is 35.4 Å². The van der Waals surface area contributed by atoms with E-state index in [1.807, 2.05) is 18.2 Å². The summed E-state index contributed by atoms with van der Waals surface area (Å²) in [6.07, 6.45) is 3.02. The van der Waals surface area contributed by atoms with Crippen LogP contribution in [0.5, 0.6) is 0 Å². The van der Waals surface area contributed by atoms with Gasteiger partial charge in [-0.05, 0) is 30.5 Å². The Morgan fingerprint density at radius 1 is 1.24 bits per heavy atom. The summed E-state index contributed by atoms with van der Waals surface area (Å²) in [5, 5.41) is 0. The molecule has 1 aromatic carbocycles. The Hall–Kier alpha value is -1.43. The average Bonchev–Trinajstić information content (AvgIpc) is 2.96. The molecule has 0 spiro atoms. The zero-order valence-corrected chi connectivity index (χ0v) is 12.4. The fourth-order valence-electron chi connectivity index (χ4n) is 3.55. The maximum absolute atomic E-state index is 11.5. The maximum atomic E-state index is 11.5. The normalized spacial score (nSPS) is 23.0. The highest BCUT2D eigenvalue weighted by atomic mass is 16.2. The van der Waals surface area contributed by atoms with Gasteiger partial charge in [0.25, 0.3) is 0 Å². The van der Waals surface area contributed by atoms with Crippen LogP contribution in [0.4, 0.5) is 0 Å². The molecule has 1 amide bonds. The van der Waals surface area contributed by atoms with Gasteiger partial charge >= 0.3 is 0 Å². The first-order valence-corrected chi connectivity index (χ1v) is 7.79. The lowest BCUT2D eigenvalue weighted by Crippen LogP contribution is -2.49. The third-order valence-corrected chi connectivity index (χ3v) is 4.70. The minimum atomic E-state index is -0.136. The van der Waals surface area contributed by atoms with E-state index in [1.54, 1.807) is 0 Å². The molecule has 1 atom stereocenters. The van der Waals surface area contributed by atoms with Crippen molar-refractivity contribution < 1.29 is 4.79 Å². The molecule has 0 saturated carbocycles. The van der Waals surface area contributed by atoms with Crippen molar-refractivity contribution in [1.82, 2.24) is 15.2 Å². The third kappa shape index (κ3) is 3.43. The highest BCUT2D eigenvalue weighted by Gasteiger charge is 2.30. The summed E-state index contributed by atoms with van der Waals surface area (Å²) < 4.78 is 0. The number of hydrazine groups is 1. The van der Waals surface area contributed by atoms with Gasteiger partial charge in [-0.3, -0.25) is 20.0 Å². The summed E-state index contributed by atoms with van der Waals surface area (Å²) >= 11 is 0. The fraction of sp³-hybridized carbons (Fsp3) is 0.562. The predicted octanol–water partition coefficient (Wildman–Crippen LogP) is 0.499. The summed E-state index contributed by atoms with van der Waals surface area (Å²) in [7, 11) is 0. The molecule has 21 heavy (non-hydrogen) atoms. The van der Waals surface area contributed by atoms with Gasteiger partial charge < -0.3 is 0 Å². The number of hydrogen-bond acceptors (Lipinski definition) is 4. The van der Waals surface area contributed by atoms with Crippen LogP contribution >= 0.6 is 0 Å². The Balaban J connectivity index is 1.65. The van der Waals surface area contributed by atoms with Crippen LogP contribution in [-0.4, -0.2) is 47.9 Å². The van der Waals surface area contributed by atoms with Gasteiger partial charge in [0.15, 0.2) is 0 Å². The van der Waals surface area contributed by atoms with Crippen molar-refractivity contribution in [3.63, 3.8) is 0 Å². The molecule has 2 fully saturated rings. The van der Waals surface area contributed by atoms with Crippen molar-refractivity contribution in [2.24, 2.45) is 5.84 Å². The van der Waals surface area contributed by atoms with Gasteiger partial charge in [0.1, 0.15) is 0 Å². The SMILES string of the molecule is NNC(=O)Cc1ccccc1CN1CCN2CCCC2C1. The Morgan fingerprint density at radius 2 is 2.05 bits per heavy atom. The second-order valence-corrected chi connectivity index (χ2v) is 6.08. The van der Waals surface area contributed by atoms with E-state index in [1.165, 1.54) is 31.5 Å². The lowest BCUT2D eigenvalue weighted by Gasteiger charge is -2.37. The van der Waals surface area contributed by atoms with Gasteiger partial charge in [-0.2, -0.15) is 0 Å². The van der Waals surface area contributed by atoms with Crippen LogP contribution < -0.4 is 11.3 Å². The summed E-state index contributed by atoms with van der Waals surface area (Å²) in [6, 6.07) is 8.91. The van der Waals surface area contributed by atoms with Crippen LogP contribution in [0.1, 0.15) is 24.0 Å². The molecule has 2 heterocycles. The number of fused-ring (bicyclic) bond motifs is 1. The topological polar surface area (TPSA) is 61.6 Å². The fourth-order valence-corrected chi connectivity index (χ4v) is 3.55. The largest absolute Gasteiger partial charge is 0.298 e. The molecule has 3 N–H and O–H groups in total. The van der Waals surface area contributed by atoms with Gasteiger partial charge in [-0.25, -0.2) is 5.84 Å². The van der Waals surface area contributed by atoms with E-state index in [0.29, 0.717) is 6.42 Å². The van der Waals surface area contributed by atoms with Crippen LogP contribution in [0.15, 0.2) is 24.3 Å². The number of rotatable bonds is 4. The first kappa shape index (κ1) is 14.5. The van der Waals surface area contributed by atoms with E-state index in [4.69, 9.17) is 5.84 Å². The summed E-state index contributed by atoms with van der Waals surface area (Å²) in [5.74, 6) is 5.06. The zero-order valence-electron chi connectivity index (χ0n) is 12.4. The zero-order chi connectivity index (χ0) is 14.7. The van der Waals surface area contributed by atoms with E-state index in [0.717, 1.165) is 31.2 Å². The van der Waals surface area contributed by atoms with Crippen molar-refractivity contribution in [2.75, 3.05) is 26.2 Å². The molecule has 0 radical (unpaired) electrons. The molecule has 0 aromatic heterocycles. The first-order chi connectivity index (χ1) is 10.3. The number of carbonyl (C=O) groups is 1. The van der Waals surface area contributed by atoms with E-state index >= 15 is 0 Å². The van der Waals surface area contributed by atoms with Crippen LogP contribution in [0, 0.1) is 0 Å². The van der Waals surface area contributed by atoms with E-state index in [-0.39, 0.29) is 5.91 Å². The first-order valence-electron chi connectivity index (χ1n) is 7.79. The van der Waals surface area contributed by atoms with Crippen molar-refractivity contribution in [1.29, 1.82) is 0 Å². The molecule has 1 aromatic rings. The predicted molar refractivity (Wildman–Crippen MR) is 82.3 cm³/mol. The Morgan fingerprint density at radius 3 is 2.86 bits per heavy atom. The van der Waals surface area contributed by atoms with Crippen LogP contribution in [0.3, 0.4) is 0 Å². The molecule has 2 aliphatic rings. The van der Waals surface area contributed by atoms with Gasteiger partial charge in [-0.1, -0.05) is 24.3 Å². The Kier molecular flexibility index (Phi) is 4.53. The Bertz CT molecular complexity index is 505. The van der Waals surface area contributed by atoms with Gasteiger partial charge in [0.2, 0.25) is 5.91 Å². The molecule has 0 aliphatic carbocycles. The van der Waals surface area contributed by atoms with Gasteiger partial charge in [0.05, 0.1) is 6.42 Å². The number of nitrogens with two attached hydrogens (primary N) is 1. The number of nitrogens with one attached hydrogen (secondary N) is 1. The molecule has 5 heteroatoms. The van der Waals surface area contributed by atoms with E-state index < -0.39 is 0 Å². The smallest absolute Gasteiger partial charge is 0.238 e. The molecule has 2 saturated heterocycles. The lowest BCUT2D eigenvalue weighted by molar-refractivity contribution is -0.120. The maximum Gasteiger partial charge on any atom is 0.238 e. The van der Waals surface area contributed by atoms with Gasteiger partial charge in [-0.15, -0.1) is 0 Å². The summed E-state index contributed by atoms with van der Waals surface area (Å²) in [4.78, 5) is 16.7. The quantitative estimate of drug-likeness (QED) is 0.481. The molecular formula is C16H24N4O. The molecule has 3 rings (SSSR count). The highest BCUT2D eigenvalue weighted by molar-refractivity contribution is 5.78. The number of nitrogens with zero attached hydrogens (tertiary/aromatic N) is 2. The van der Waals surface area contributed by atoms with E-state index in [9.17, 15) is 4.79 Å². The molecular weight excluding hydrogens is 264 g/mol. The van der Waals surface area contributed by atoms with Crippen molar-refractivity contribution >= 4 is 5.91 Å². The lowest BCUT2D eigenvalue weighted by atomic mass is 10.0. The monoisotopic (exact) mass is 288 g/mol. The number of piperazine rings is 1. The number of benzene rings is 1. The Labute approximate surface area is 126 Å². The summed E-state index contributed by atoms with van der Waals surface area (Å²) in [5.41, 5.74) is 4.54. The average molecular weight is 288 g/mol. The second kappa shape index (κ2) is 6.56. The second-order valence-electron chi connectivity index (χ2n) is 6.08. The van der Waals surface area contributed by atoms with Crippen LogP contribution in [-0.2, 0) is 17.8 Å². The third-order valence-electron chi connectivity index (χ3n) is 4.70. The van der Waals surface area contributed by atoms with Crippen molar-refractivity contribution in [3.8, 4) is 0 Å². The number of carbonyl (C=O) groups excluding carboxylic acids is 1. The molecule has 0 bridgehead atoms. The van der Waals surface area contributed by atoms with E-state index in [2.05, 4.69) is 21.3 Å².